The van der Waals surface area contributed by atoms with Gasteiger partial charge in [0.25, 0.3) is 0 Å². The van der Waals surface area contributed by atoms with Crippen LogP contribution in [0.3, 0.4) is 0 Å². The minimum atomic E-state index is -1.51. The van der Waals surface area contributed by atoms with Crippen molar-refractivity contribution in [1.29, 1.82) is 5.41 Å². The van der Waals surface area contributed by atoms with Crippen LogP contribution in [0.15, 0.2) is 0 Å². The van der Waals surface area contributed by atoms with Crippen LogP contribution in [0.2, 0.25) is 0 Å². The van der Waals surface area contributed by atoms with Gasteiger partial charge in [0.15, 0.2) is 5.96 Å². The maximum atomic E-state index is 13.6. The van der Waals surface area contributed by atoms with Gasteiger partial charge < -0.3 is 57.9 Å². The minimum Gasteiger partial charge on any atom is -0.480 e. The molecule has 12 N–H and O–H groups in total. The van der Waals surface area contributed by atoms with E-state index < -0.39 is 84.0 Å². The molecule has 0 spiro atoms. The number of hydrogen-bond acceptors (Lipinski definition) is 10. The summed E-state index contributed by atoms with van der Waals surface area (Å²) in [5.41, 5.74) is 11.2. The first-order valence-corrected chi connectivity index (χ1v) is 15.9. The number of aliphatic hydroxyl groups excluding tert-OH is 2. The number of likely N-dealkylation sites (tertiary alicyclic amines) is 2. The molecule has 2 fully saturated rings. The number of hydrogen-bond donors (Lipinski definition) is 10. The second kappa shape index (κ2) is 17.8. The quantitative estimate of drug-likeness (QED) is 0.0435. The Bertz CT molecular complexity index is 1170. The fourth-order valence-electron chi connectivity index (χ4n) is 5.60. The lowest BCUT2D eigenvalue weighted by atomic mass is 10.0. The van der Waals surface area contributed by atoms with Crippen LogP contribution in [0.4, 0.5) is 0 Å². The van der Waals surface area contributed by atoms with E-state index in [2.05, 4.69) is 21.3 Å². The molecule has 2 heterocycles. The van der Waals surface area contributed by atoms with Crippen molar-refractivity contribution in [3.8, 4) is 0 Å². The Hall–Kier alpha value is -4.03. The van der Waals surface area contributed by atoms with Crippen LogP contribution in [0.1, 0.15) is 66.2 Å². The van der Waals surface area contributed by atoms with Crippen molar-refractivity contribution < 1.29 is 44.1 Å². The zero-order valence-electron chi connectivity index (χ0n) is 27.4. The lowest BCUT2D eigenvalue weighted by molar-refractivity contribution is -0.150. The fourth-order valence-corrected chi connectivity index (χ4v) is 5.60. The normalized spacial score (nSPS) is 21.6. The van der Waals surface area contributed by atoms with Gasteiger partial charge in [0.1, 0.15) is 30.2 Å². The Balaban J connectivity index is 2.25. The Morgan fingerprint density at radius 1 is 0.830 bits per heavy atom. The molecule has 0 aliphatic carbocycles. The number of carboxylic acids is 1. The van der Waals surface area contributed by atoms with Crippen LogP contribution in [-0.4, -0.2) is 135 Å². The van der Waals surface area contributed by atoms with Gasteiger partial charge in [-0.1, -0.05) is 13.8 Å². The molecule has 0 aromatic rings. The first-order valence-electron chi connectivity index (χ1n) is 15.9. The maximum Gasteiger partial charge on any atom is 0.326 e. The van der Waals surface area contributed by atoms with Crippen molar-refractivity contribution in [1.82, 2.24) is 31.1 Å². The van der Waals surface area contributed by atoms with Gasteiger partial charge >= 0.3 is 5.97 Å². The number of rotatable bonds is 16. The average Bonchev–Trinajstić information content (AvgIpc) is 3.69. The molecule has 0 aromatic carbocycles. The van der Waals surface area contributed by atoms with Crippen LogP contribution in [0, 0.1) is 11.3 Å². The van der Waals surface area contributed by atoms with Gasteiger partial charge in [-0.3, -0.25) is 29.4 Å². The van der Waals surface area contributed by atoms with E-state index in [4.69, 9.17) is 16.9 Å². The summed E-state index contributed by atoms with van der Waals surface area (Å²) in [5, 5.41) is 47.7. The molecule has 0 aromatic heterocycles. The van der Waals surface area contributed by atoms with Gasteiger partial charge in [0, 0.05) is 19.6 Å². The van der Waals surface area contributed by atoms with Crippen LogP contribution >= 0.6 is 0 Å². The summed E-state index contributed by atoms with van der Waals surface area (Å²) in [6, 6.07) is -7.24. The van der Waals surface area contributed by atoms with Crippen molar-refractivity contribution in [3.63, 3.8) is 0 Å². The molecule has 2 saturated heterocycles. The largest absolute Gasteiger partial charge is 0.480 e. The third-order valence-electron chi connectivity index (χ3n) is 8.39. The molecule has 47 heavy (non-hydrogen) atoms. The molecule has 2 aliphatic rings. The fraction of sp³-hybridized carbons (Fsp3) is 0.759. The van der Waals surface area contributed by atoms with E-state index in [1.54, 1.807) is 13.8 Å². The number of nitrogens with one attached hydrogen (secondary N) is 5. The summed E-state index contributed by atoms with van der Waals surface area (Å²) in [6.07, 6.45) is -1.17. The molecular weight excluding hydrogens is 618 g/mol. The number of nitrogens with zero attached hydrogens (tertiary/aromatic N) is 2. The van der Waals surface area contributed by atoms with E-state index in [1.165, 1.54) is 18.7 Å². The highest BCUT2D eigenvalue weighted by Crippen LogP contribution is 2.21. The van der Waals surface area contributed by atoms with Crippen molar-refractivity contribution in [2.24, 2.45) is 17.4 Å². The van der Waals surface area contributed by atoms with E-state index in [9.17, 15) is 44.1 Å². The summed E-state index contributed by atoms with van der Waals surface area (Å²) in [7, 11) is 0. The van der Waals surface area contributed by atoms with Crippen molar-refractivity contribution in [2.45, 2.75) is 115 Å². The highest BCUT2D eigenvalue weighted by Gasteiger charge is 2.42. The number of amides is 5. The number of carboxylic acid groups (broad SMARTS) is 1. The highest BCUT2D eigenvalue weighted by molar-refractivity contribution is 5.97. The third kappa shape index (κ3) is 10.8. The first kappa shape index (κ1) is 39.1. The molecule has 266 valence electrons. The zero-order valence-corrected chi connectivity index (χ0v) is 27.4. The van der Waals surface area contributed by atoms with E-state index >= 15 is 0 Å². The molecule has 18 heteroatoms. The van der Waals surface area contributed by atoms with Gasteiger partial charge in [-0.25, -0.2) is 4.79 Å². The maximum absolute atomic E-state index is 13.6. The van der Waals surface area contributed by atoms with Crippen molar-refractivity contribution in [2.75, 3.05) is 19.6 Å². The first-order chi connectivity index (χ1) is 22.0. The average molecular weight is 670 g/mol. The number of aliphatic hydroxyl groups is 2. The molecule has 0 saturated carbocycles. The predicted octanol–water partition coefficient (Wildman–Crippen LogP) is -3.48. The van der Waals surface area contributed by atoms with Crippen LogP contribution in [0.5, 0.6) is 0 Å². The molecule has 0 radical (unpaired) electrons. The van der Waals surface area contributed by atoms with Crippen molar-refractivity contribution in [3.05, 3.63) is 0 Å². The summed E-state index contributed by atoms with van der Waals surface area (Å²) in [4.78, 5) is 80.5. The van der Waals surface area contributed by atoms with Gasteiger partial charge in [-0.15, -0.1) is 0 Å². The Labute approximate surface area is 273 Å². The molecule has 5 amide bonds. The number of nitrogens with two attached hydrogens (primary N) is 2. The Morgan fingerprint density at radius 3 is 1.79 bits per heavy atom. The van der Waals surface area contributed by atoms with Gasteiger partial charge in [-0.2, -0.15) is 0 Å². The number of guanidine groups is 1. The van der Waals surface area contributed by atoms with Gasteiger partial charge in [0.05, 0.1) is 18.2 Å². The highest BCUT2D eigenvalue weighted by atomic mass is 16.4. The number of carbonyl (C=O) groups excluding carboxylic acids is 5. The van der Waals surface area contributed by atoms with Crippen LogP contribution < -0.4 is 32.7 Å². The van der Waals surface area contributed by atoms with Crippen molar-refractivity contribution >= 4 is 41.5 Å². The topological polar surface area (TPSA) is 294 Å². The van der Waals surface area contributed by atoms with E-state index in [-0.39, 0.29) is 57.2 Å². The zero-order chi connectivity index (χ0) is 35.6. The van der Waals surface area contributed by atoms with Gasteiger partial charge in [0.2, 0.25) is 29.5 Å². The second-order valence-corrected chi connectivity index (χ2v) is 12.5. The van der Waals surface area contributed by atoms with E-state index in [1.807, 2.05) is 0 Å². The van der Waals surface area contributed by atoms with Crippen LogP contribution in [-0.2, 0) is 28.8 Å². The molecule has 0 bridgehead atoms. The molecule has 2 rings (SSSR count). The lowest BCUT2D eigenvalue weighted by Gasteiger charge is -2.32. The van der Waals surface area contributed by atoms with E-state index in [0.29, 0.717) is 12.8 Å². The monoisotopic (exact) mass is 669 g/mol. The molecular formula is C29H51N9O9. The molecule has 0 unspecified atom stereocenters. The predicted molar refractivity (Wildman–Crippen MR) is 168 cm³/mol. The minimum absolute atomic E-state index is 0.000151. The third-order valence-corrected chi connectivity index (χ3v) is 8.39. The molecule has 2 aliphatic heterocycles. The SMILES string of the molecule is CC(C)[C@H](N)C(=O)N[C@H](C(=O)N1CCC[C@H]1C(=O)N[C@@H](CCCNC(=N)N)C(=O)N[C@H](C(=O)N1CCC[C@H]1C(=O)O)[C@@H](C)O)[C@@H](C)O. The Morgan fingerprint density at radius 2 is 1.32 bits per heavy atom. The smallest absolute Gasteiger partial charge is 0.326 e. The second-order valence-electron chi connectivity index (χ2n) is 12.5. The molecule has 8 atom stereocenters. The lowest BCUT2D eigenvalue weighted by Crippen LogP contribution is -2.61. The van der Waals surface area contributed by atoms with Crippen LogP contribution in [0.25, 0.3) is 0 Å². The standard InChI is InChI=1S/C29H51N9O9/c1-14(2)20(30)25(43)36-22(16(4)40)26(44)37-12-6-9-18(37)24(42)34-17(8-5-11-33-29(31)32)23(41)35-21(15(3)39)27(45)38-13-7-10-19(38)28(46)47/h14-22,39-40H,5-13,30H2,1-4H3,(H,34,42)(H,35,41)(H,36,43)(H,46,47)(H4,31,32,33)/t15-,16-,17+,18+,19+,20+,21+,22+/m1/s1. The summed E-state index contributed by atoms with van der Waals surface area (Å²) in [5.74, 6) is -5.40. The summed E-state index contributed by atoms with van der Waals surface area (Å²) < 4.78 is 0. The number of aliphatic carboxylic acids is 1. The van der Waals surface area contributed by atoms with Gasteiger partial charge in [-0.05, 0) is 58.3 Å². The summed E-state index contributed by atoms with van der Waals surface area (Å²) >= 11 is 0. The number of carbonyl (C=O) groups is 6. The Kier molecular flexibility index (Phi) is 14.8. The molecule has 18 nitrogen and oxygen atoms in total. The van der Waals surface area contributed by atoms with E-state index in [0.717, 1.165) is 4.90 Å². The summed E-state index contributed by atoms with van der Waals surface area (Å²) in [6.45, 7) is 6.50.